The first-order chi connectivity index (χ1) is 19.5. The summed E-state index contributed by atoms with van der Waals surface area (Å²) < 4.78 is 9.71. The van der Waals surface area contributed by atoms with Crippen molar-refractivity contribution in [3.05, 3.63) is 139 Å². The average molecular weight is 530 g/mol. The SMILES string of the molecule is C=C/C(=C\C=C/C)CN(C)/C=C1/Cc2c(-c3cnn(Cc4ccccc4)c3)ncn2-c2ccc(OC)cc2C1=C. The average Bonchev–Trinajstić information content (AvgIpc) is 3.59. The van der Waals surface area contributed by atoms with Crippen LogP contribution in [0.1, 0.15) is 23.7 Å². The van der Waals surface area contributed by atoms with Crippen molar-refractivity contribution in [1.29, 1.82) is 0 Å². The van der Waals surface area contributed by atoms with Crippen molar-refractivity contribution in [2.24, 2.45) is 0 Å². The number of ether oxygens (including phenoxy) is 1. The summed E-state index contributed by atoms with van der Waals surface area (Å²) in [6, 6.07) is 16.5. The number of methoxy groups -OCH3 is 1. The van der Waals surface area contributed by atoms with Gasteiger partial charge in [0, 0.05) is 43.5 Å². The number of aromatic nitrogens is 4. The summed E-state index contributed by atoms with van der Waals surface area (Å²) in [5.41, 5.74) is 9.48. The van der Waals surface area contributed by atoms with Crippen molar-refractivity contribution in [2.45, 2.75) is 19.9 Å². The van der Waals surface area contributed by atoms with Crippen LogP contribution in [0.2, 0.25) is 0 Å². The van der Waals surface area contributed by atoms with Crippen molar-refractivity contribution in [1.82, 2.24) is 24.2 Å². The van der Waals surface area contributed by atoms with Gasteiger partial charge >= 0.3 is 0 Å². The van der Waals surface area contributed by atoms with E-state index in [2.05, 4.69) is 77.5 Å². The number of hydrogen-bond acceptors (Lipinski definition) is 4. The second kappa shape index (κ2) is 11.9. The number of hydrogen-bond donors (Lipinski definition) is 0. The fourth-order valence-corrected chi connectivity index (χ4v) is 5.02. The molecule has 5 rings (SSSR count). The minimum Gasteiger partial charge on any atom is -0.497 e. The Labute approximate surface area is 236 Å². The summed E-state index contributed by atoms with van der Waals surface area (Å²) in [7, 11) is 3.77. The van der Waals surface area contributed by atoms with Crippen LogP contribution in [-0.4, -0.2) is 44.9 Å². The number of imidazole rings is 1. The smallest absolute Gasteiger partial charge is 0.119 e. The molecular formula is C34H35N5O. The summed E-state index contributed by atoms with van der Waals surface area (Å²) in [5, 5.41) is 4.65. The van der Waals surface area contributed by atoms with E-state index in [1.165, 1.54) is 5.56 Å². The Hall–Kier alpha value is -4.84. The zero-order valence-corrected chi connectivity index (χ0v) is 23.4. The molecule has 0 N–H and O–H groups in total. The number of likely N-dealkylation sites (N-methyl/N-ethyl adjacent to an activating group) is 1. The number of benzene rings is 2. The van der Waals surface area contributed by atoms with Gasteiger partial charge in [-0.2, -0.15) is 5.10 Å². The molecule has 202 valence electrons. The highest BCUT2D eigenvalue weighted by Gasteiger charge is 2.25. The van der Waals surface area contributed by atoms with E-state index < -0.39 is 0 Å². The van der Waals surface area contributed by atoms with Gasteiger partial charge < -0.3 is 14.2 Å². The fraction of sp³-hybridized carbons (Fsp3) is 0.176. The van der Waals surface area contributed by atoms with Crippen LogP contribution in [0, 0.1) is 0 Å². The fourth-order valence-electron chi connectivity index (χ4n) is 5.02. The standard InChI is InChI=1S/C34H35N5O/c1-6-8-12-26(7-2)20-37(4)22-28-17-33-34(29-19-36-38(23-29)21-27-13-10-9-11-14-27)35-24-39(33)32-16-15-30(40-5)18-31(32)25(28)3/h6-16,18-19,22-24H,2-3,17,20-21H2,1,4-5H3/b8-6-,26-12+,28-22-. The molecule has 0 unspecified atom stereocenters. The van der Waals surface area contributed by atoms with E-state index in [9.17, 15) is 0 Å². The maximum absolute atomic E-state index is 5.57. The van der Waals surface area contributed by atoms with Crippen molar-refractivity contribution in [2.75, 3.05) is 20.7 Å². The molecule has 2 aromatic carbocycles. The van der Waals surface area contributed by atoms with Gasteiger partial charge in [0.2, 0.25) is 0 Å². The molecule has 0 saturated carbocycles. The molecule has 1 aliphatic rings. The van der Waals surface area contributed by atoms with Crippen molar-refractivity contribution < 1.29 is 4.74 Å². The molecule has 3 heterocycles. The predicted molar refractivity (Wildman–Crippen MR) is 163 cm³/mol. The van der Waals surface area contributed by atoms with Gasteiger partial charge in [0.25, 0.3) is 0 Å². The van der Waals surface area contributed by atoms with Crippen LogP contribution in [0.5, 0.6) is 5.75 Å². The third-order valence-electron chi connectivity index (χ3n) is 7.07. The van der Waals surface area contributed by atoms with Gasteiger partial charge in [0.1, 0.15) is 12.1 Å². The van der Waals surface area contributed by atoms with E-state index >= 15 is 0 Å². The Morgan fingerprint density at radius 3 is 2.75 bits per heavy atom. The normalized spacial score (nSPS) is 14.2. The van der Waals surface area contributed by atoms with Gasteiger partial charge in [0.05, 0.1) is 36.9 Å². The van der Waals surface area contributed by atoms with E-state index in [-0.39, 0.29) is 0 Å². The topological polar surface area (TPSA) is 48.1 Å². The zero-order valence-electron chi connectivity index (χ0n) is 23.4. The van der Waals surface area contributed by atoms with Gasteiger partial charge in [0.15, 0.2) is 0 Å². The van der Waals surface area contributed by atoms with Crippen LogP contribution >= 0.6 is 0 Å². The second-order valence-electron chi connectivity index (χ2n) is 9.90. The highest BCUT2D eigenvalue weighted by atomic mass is 16.5. The van der Waals surface area contributed by atoms with Gasteiger partial charge in [-0.25, -0.2) is 4.98 Å². The molecule has 1 aliphatic heterocycles. The van der Waals surface area contributed by atoms with Crippen molar-refractivity contribution in [3.8, 4) is 22.7 Å². The van der Waals surface area contributed by atoms with E-state index in [0.717, 1.165) is 57.2 Å². The summed E-state index contributed by atoms with van der Waals surface area (Å²) in [6.07, 6.45) is 16.8. The van der Waals surface area contributed by atoms with E-state index in [0.29, 0.717) is 13.0 Å². The molecule has 0 fully saturated rings. The van der Waals surface area contributed by atoms with E-state index in [1.54, 1.807) is 7.11 Å². The molecule has 0 saturated heterocycles. The van der Waals surface area contributed by atoms with Crippen LogP contribution in [-0.2, 0) is 13.0 Å². The maximum atomic E-state index is 5.57. The Kier molecular flexibility index (Phi) is 7.97. The molecule has 0 bridgehead atoms. The Morgan fingerprint density at radius 1 is 1.18 bits per heavy atom. The molecule has 4 aromatic rings. The molecule has 6 heteroatoms. The number of allylic oxidation sites excluding steroid dienone is 5. The molecule has 0 amide bonds. The maximum Gasteiger partial charge on any atom is 0.119 e. The van der Waals surface area contributed by atoms with Crippen LogP contribution in [0.15, 0.2) is 122 Å². The zero-order chi connectivity index (χ0) is 28.1. The molecule has 0 radical (unpaired) electrons. The first kappa shape index (κ1) is 26.8. The van der Waals surface area contributed by atoms with Gasteiger partial charge in [-0.15, -0.1) is 0 Å². The Morgan fingerprint density at radius 2 is 2.00 bits per heavy atom. The molecule has 0 atom stereocenters. The molecule has 0 aliphatic carbocycles. The molecule has 0 spiro atoms. The third kappa shape index (κ3) is 5.61. The summed E-state index contributed by atoms with van der Waals surface area (Å²) in [6.45, 7) is 12.0. The lowest BCUT2D eigenvalue weighted by atomic mass is 9.96. The highest BCUT2D eigenvalue weighted by molar-refractivity contribution is 5.85. The first-order valence-electron chi connectivity index (χ1n) is 13.4. The van der Waals surface area contributed by atoms with Crippen molar-refractivity contribution >= 4 is 5.57 Å². The summed E-state index contributed by atoms with van der Waals surface area (Å²) in [4.78, 5) is 7.06. The number of nitrogens with zero attached hydrogens (tertiary/aromatic N) is 5. The second-order valence-corrected chi connectivity index (χ2v) is 9.90. The lowest BCUT2D eigenvalue weighted by Gasteiger charge is -2.18. The Bertz CT molecular complexity index is 1620. The summed E-state index contributed by atoms with van der Waals surface area (Å²) >= 11 is 0. The van der Waals surface area contributed by atoms with Crippen molar-refractivity contribution in [3.63, 3.8) is 0 Å². The monoisotopic (exact) mass is 529 g/mol. The van der Waals surface area contributed by atoms with Crippen LogP contribution < -0.4 is 4.74 Å². The van der Waals surface area contributed by atoms with Crippen LogP contribution in [0.4, 0.5) is 0 Å². The highest BCUT2D eigenvalue weighted by Crippen LogP contribution is 2.39. The quantitative estimate of drug-likeness (QED) is 0.222. The molecular weight excluding hydrogens is 494 g/mol. The number of rotatable bonds is 9. The molecule has 6 nitrogen and oxygen atoms in total. The third-order valence-corrected chi connectivity index (χ3v) is 7.07. The number of fused-ring (bicyclic) bond motifs is 3. The first-order valence-corrected chi connectivity index (χ1v) is 13.4. The largest absolute Gasteiger partial charge is 0.497 e. The van der Waals surface area contributed by atoms with Gasteiger partial charge in [-0.05, 0) is 47.4 Å². The Balaban J connectivity index is 1.55. The minimum atomic E-state index is 0.668. The lowest BCUT2D eigenvalue weighted by Crippen LogP contribution is -2.15. The van der Waals surface area contributed by atoms with E-state index in [4.69, 9.17) is 9.72 Å². The van der Waals surface area contributed by atoms with Crippen LogP contribution in [0.3, 0.4) is 0 Å². The van der Waals surface area contributed by atoms with E-state index in [1.807, 2.05) is 66.6 Å². The lowest BCUT2D eigenvalue weighted by molar-refractivity contribution is 0.414. The summed E-state index contributed by atoms with van der Waals surface area (Å²) in [5.74, 6) is 0.793. The predicted octanol–water partition coefficient (Wildman–Crippen LogP) is 6.87. The minimum absolute atomic E-state index is 0.668. The van der Waals surface area contributed by atoms with Gasteiger partial charge in [-0.3, -0.25) is 4.68 Å². The molecule has 2 aromatic heterocycles. The van der Waals surface area contributed by atoms with Crippen LogP contribution in [0.25, 0.3) is 22.5 Å². The van der Waals surface area contributed by atoms with Gasteiger partial charge in [-0.1, -0.05) is 67.8 Å². The molecule has 40 heavy (non-hydrogen) atoms.